The van der Waals surface area contributed by atoms with E-state index >= 15 is 0 Å². The van der Waals surface area contributed by atoms with Crippen molar-refractivity contribution in [3.05, 3.63) is 30.4 Å². The average molecular weight is 346 g/mol. The molecule has 0 bridgehead atoms. The number of hydrogen-bond donors (Lipinski definition) is 3. The Bertz CT molecular complexity index is 743. The zero-order chi connectivity index (χ0) is 18.2. The summed E-state index contributed by atoms with van der Waals surface area (Å²) in [6, 6.07) is 4.57. The molecule has 0 aliphatic rings. The molecule has 1 aromatic heterocycles. The minimum absolute atomic E-state index is 0.198. The highest BCUT2D eigenvalue weighted by atomic mass is 16.5. The molecular formula is C16H22N6O3. The predicted molar refractivity (Wildman–Crippen MR) is 93.5 cm³/mol. The van der Waals surface area contributed by atoms with Crippen LogP contribution in [0, 0.1) is 0 Å². The Morgan fingerprint density at radius 3 is 2.76 bits per heavy atom. The lowest BCUT2D eigenvalue weighted by Crippen LogP contribution is -2.29. The van der Waals surface area contributed by atoms with E-state index in [2.05, 4.69) is 33.1 Å². The lowest BCUT2D eigenvalue weighted by Gasteiger charge is -2.13. The lowest BCUT2D eigenvalue weighted by molar-refractivity contribution is -0.114. The molecule has 0 saturated carbocycles. The molecule has 0 fully saturated rings. The highest BCUT2D eigenvalue weighted by molar-refractivity contribution is 5.94. The molecule has 2 rings (SSSR count). The quantitative estimate of drug-likeness (QED) is 0.710. The van der Waals surface area contributed by atoms with Crippen LogP contribution < -0.4 is 20.7 Å². The van der Waals surface area contributed by atoms with Crippen LogP contribution in [0.4, 0.5) is 16.2 Å². The van der Waals surface area contributed by atoms with Crippen molar-refractivity contribution < 1.29 is 14.3 Å². The minimum Gasteiger partial charge on any atom is -0.495 e. The number of rotatable bonds is 7. The average Bonchev–Trinajstić information content (AvgIpc) is 3.00. The fraction of sp³-hybridized carbons (Fsp3) is 0.375. The van der Waals surface area contributed by atoms with Crippen LogP contribution in [0.1, 0.15) is 26.1 Å². The SMILES string of the molecule is CCCn1cnnc1CNC(=O)Nc1cc(NC(C)=O)ccc1OC. The van der Waals surface area contributed by atoms with Crippen molar-refractivity contribution in [1.29, 1.82) is 0 Å². The maximum atomic E-state index is 12.2. The second-order valence-electron chi connectivity index (χ2n) is 5.34. The van der Waals surface area contributed by atoms with Crippen molar-refractivity contribution in [3.8, 4) is 5.75 Å². The van der Waals surface area contributed by atoms with E-state index in [1.807, 2.05) is 4.57 Å². The van der Waals surface area contributed by atoms with Crippen LogP contribution in [0.25, 0.3) is 0 Å². The van der Waals surface area contributed by atoms with Gasteiger partial charge in [0, 0.05) is 19.2 Å². The third kappa shape index (κ3) is 5.20. The Balaban J connectivity index is 2.01. The lowest BCUT2D eigenvalue weighted by atomic mass is 10.2. The molecule has 1 aromatic carbocycles. The number of anilines is 2. The van der Waals surface area contributed by atoms with E-state index in [4.69, 9.17) is 4.74 Å². The van der Waals surface area contributed by atoms with E-state index in [1.165, 1.54) is 14.0 Å². The Labute approximate surface area is 145 Å². The summed E-state index contributed by atoms with van der Waals surface area (Å²) in [6.45, 7) is 4.51. The van der Waals surface area contributed by atoms with Crippen molar-refractivity contribution in [2.45, 2.75) is 33.4 Å². The number of ether oxygens (including phenoxy) is 1. The first-order valence-corrected chi connectivity index (χ1v) is 7.90. The van der Waals surface area contributed by atoms with Crippen LogP contribution in [0.2, 0.25) is 0 Å². The summed E-state index contributed by atoms with van der Waals surface area (Å²) in [6.07, 6.45) is 2.59. The molecule has 134 valence electrons. The summed E-state index contributed by atoms with van der Waals surface area (Å²) in [5, 5.41) is 15.9. The van der Waals surface area contributed by atoms with Gasteiger partial charge in [-0.15, -0.1) is 10.2 Å². The summed E-state index contributed by atoms with van der Waals surface area (Å²) >= 11 is 0. The van der Waals surface area contributed by atoms with Gasteiger partial charge >= 0.3 is 6.03 Å². The van der Waals surface area contributed by atoms with Gasteiger partial charge in [0.25, 0.3) is 0 Å². The predicted octanol–water partition coefficient (Wildman–Crippen LogP) is 1.98. The summed E-state index contributed by atoms with van der Waals surface area (Å²) in [4.78, 5) is 23.3. The monoisotopic (exact) mass is 346 g/mol. The number of benzene rings is 1. The summed E-state index contributed by atoms with van der Waals surface area (Å²) < 4.78 is 7.11. The van der Waals surface area contributed by atoms with Crippen molar-refractivity contribution in [2.75, 3.05) is 17.7 Å². The highest BCUT2D eigenvalue weighted by Gasteiger charge is 2.11. The zero-order valence-electron chi connectivity index (χ0n) is 14.5. The van der Waals surface area contributed by atoms with Crippen LogP contribution in [-0.4, -0.2) is 33.8 Å². The van der Waals surface area contributed by atoms with Gasteiger partial charge in [0.05, 0.1) is 19.3 Å². The van der Waals surface area contributed by atoms with E-state index in [1.54, 1.807) is 24.5 Å². The smallest absolute Gasteiger partial charge is 0.319 e. The molecule has 1 heterocycles. The van der Waals surface area contributed by atoms with E-state index in [0.29, 0.717) is 22.9 Å². The molecule has 3 amide bonds. The molecule has 9 heteroatoms. The van der Waals surface area contributed by atoms with Crippen molar-refractivity contribution in [2.24, 2.45) is 0 Å². The van der Waals surface area contributed by atoms with Gasteiger partial charge in [-0.25, -0.2) is 4.79 Å². The molecule has 9 nitrogen and oxygen atoms in total. The van der Waals surface area contributed by atoms with Crippen LogP contribution in [0.3, 0.4) is 0 Å². The topological polar surface area (TPSA) is 110 Å². The van der Waals surface area contributed by atoms with Gasteiger partial charge in [0.15, 0.2) is 5.82 Å². The number of amides is 3. The first-order chi connectivity index (χ1) is 12.0. The largest absolute Gasteiger partial charge is 0.495 e. The number of nitrogens with one attached hydrogen (secondary N) is 3. The van der Waals surface area contributed by atoms with Crippen molar-refractivity contribution in [1.82, 2.24) is 20.1 Å². The van der Waals surface area contributed by atoms with Gasteiger partial charge in [0.1, 0.15) is 12.1 Å². The van der Waals surface area contributed by atoms with Gasteiger partial charge in [0.2, 0.25) is 5.91 Å². The molecule has 3 N–H and O–H groups in total. The molecule has 0 aliphatic carbocycles. The number of nitrogens with zero attached hydrogens (tertiary/aromatic N) is 3. The number of hydrogen-bond acceptors (Lipinski definition) is 5. The normalized spacial score (nSPS) is 10.2. The minimum atomic E-state index is -0.413. The third-order valence-corrected chi connectivity index (χ3v) is 3.34. The summed E-state index contributed by atoms with van der Waals surface area (Å²) in [7, 11) is 1.50. The van der Waals surface area contributed by atoms with Crippen LogP contribution in [0.15, 0.2) is 24.5 Å². The summed E-state index contributed by atoms with van der Waals surface area (Å²) in [5.74, 6) is 0.963. The Kier molecular flexibility index (Phi) is 6.33. The number of carbonyl (C=O) groups excluding carboxylic acids is 2. The van der Waals surface area contributed by atoms with E-state index in [0.717, 1.165) is 13.0 Å². The first kappa shape index (κ1) is 18.2. The second kappa shape index (κ2) is 8.67. The van der Waals surface area contributed by atoms with Crippen molar-refractivity contribution in [3.63, 3.8) is 0 Å². The number of aromatic nitrogens is 3. The van der Waals surface area contributed by atoms with E-state index < -0.39 is 6.03 Å². The van der Waals surface area contributed by atoms with Gasteiger partial charge in [-0.1, -0.05) is 6.92 Å². The van der Waals surface area contributed by atoms with Gasteiger partial charge in [-0.3, -0.25) is 4.79 Å². The molecule has 0 radical (unpaired) electrons. The Morgan fingerprint density at radius 2 is 2.08 bits per heavy atom. The molecular weight excluding hydrogens is 324 g/mol. The first-order valence-electron chi connectivity index (χ1n) is 7.90. The Hall–Kier alpha value is -3.10. The van der Waals surface area contributed by atoms with Crippen molar-refractivity contribution >= 4 is 23.3 Å². The van der Waals surface area contributed by atoms with Gasteiger partial charge in [-0.05, 0) is 24.6 Å². The number of urea groups is 1. The molecule has 25 heavy (non-hydrogen) atoms. The van der Waals surface area contributed by atoms with Crippen LogP contribution >= 0.6 is 0 Å². The zero-order valence-corrected chi connectivity index (χ0v) is 14.5. The molecule has 0 saturated heterocycles. The van der Waals surface area contributed by atoms with E-state index in [9.17, 15) is 9.59 Å². The van der Waals surface area contributed by atoms with Crippen LogP contribution in [-0.2, 0) is 17.9 Å². The fourth-order valence-corrected chi connectivity index (χ4v) is 2.26. The maximum absolute atomic E-state index is 12.2. The van der Waals surface area contributed by atoms with Gasteiger partial charge in [-0.2, -0.15) is 0 Å². The van der Waals surface area contributed by atoms with Crippen LogP contribution in [0.5, 0.6) is 5.75 Å². The standard InChI is InChI=1S/C16H22N6O3/c1-4-7-22-10-18-21-15(22)9-17-16(24)20-13-8-12(19-11(2)23)5-6-14(13)25-3/h5-6,8,10H,4,7,9H2,1-3H3,(H,19,23)(H2,17,20,24). The van der Waals surface area contributed by atoms with E-state index in [-0.39, 0.29) is 12.5 Å². The van der Waals surface area contributed by atoms with Gasteiger partial charge < -0.3 is 25.3 Å². The third-order valence-electron chi connectivity index (χ3n) is 3.34. The summed E-state index contributed by atoms with van der Waals surface area (Å²) in [5.41, 5.74) is 1.01. The maximum Gasteiger partial charge on any atom is 0.319 e. The molecule has 2 aromatic rings. The molecule has 0 unspecified atom stereocenters. The number of aryl methyl sites for hydroxylation is 1. The molecule has 0 aliphatic heterocycles. The highest BCUT2D eigenvalue weighted by Crippen LogP contribution is 2.27. The fourth-order valence-electron chi connectivity index (χ4n) is 2.26. The molecule has 0 spiro atoms. The number of carbonyl (C=O) groups is 2. The molecule has 0 atom stereocenters. The number of methoxy groups -OCH3 is 1. The second-order valence-corrected chi connectivity index (χ2v) is 5.34. The Morgan fingerprint density at radius 1 is 1.28 bits per heavy atom.